The van der Waals surface area contributed by atoms with E-state index < -0.39 is 11.7 Å². The van der Waals surface area contributed by atoms with Crippen molar-refractivity contribution in [2.45, 2.75) is 38.0 Å². The topological polar surface area (TPSA) is 21.3 Å². The van der Waals surface area contributed by atoms with E-state index in [0.717, 1.165) is 18.9 Å². The molecule has 2 rings (SSSR count). The van der Waals surface area contributed by atoms with Crippen LogP contribution in [-0.4, -0.2) is 19.3 Å². The highest BCUT2D eigenvalue weighted by molar-refractivity contribution is 9.10. The molecule has 1 aromatic rings. The molecule has 1 N–H and O–H groups in total. The largest absolute Gasteiger partial charge is 0.418 e. The van der Waals surface area contributed by atoms with Crippen molar-refractivity contribution >= 4 is 21.6 Å². The van der Waals surface area contributed by atoms with Gasteiger partial charge in [-0.15, -0.1) is 0 Å². The zero-order valence-electron chi connectivity index (χ0n) is 11.0. The van der Waals surface area contributed by atoms with Crippen LogP contribution < -0.4 is 5.32 Å². The first-order valence-electron chi connectivity index (χ1n) is 6.69. The predicted molar refractivity (Wildman–Crippen MR) is 75.8 cm³/mol. The fourth-order valence-electron chi connectivity index (χ4n) is 2.38. The molecule has 0 radical (unpaired) electrons. The third-order valence-electron chi connectivity index (χ3n) is 3.36. The zero-order chi connectivity index (χ0) is 14.6. The molecule has 0 aromatic heterocycles. The first kappa shape index (κ1) is 15.6. The van der Waals surface area contributed by atoms with E-state index in [1.807, 2.05) is 0 Å². The number of benzene rings is 1. The normalized spacial score (nSPS) is 16.6. The number of nitrogens with one attached hydrogen (secondary N) is 1. The Kier molecular flexibility index (Phi) is 5.32. The highest BCUT2D eigenvalue weighted by Gasteiger charge is 2.33. The summed E-state index contributed by atoms with van der Waals surface area (Å²) in [6, 6.07) is 3.91. The van der Waals surface area contributed by atoms with Crippen LogP contribution in [0.4, 0.5) is 18.9 Å². The number of hydrogen-bond acceptors (Lipinski definition) is 2. The molecule has 0 amide bonds. The second kappa shape index (κ2) is 6.80. The van der Waals surface area contributed by atoms with Crippen LogP contribution in [0.25, 0.3) is 0 Å². The highest BCUT2D eigenvalue weighted by Crippen LogP contribution is 2.36. The van der Waals surface area contributed by atoms with Crippen molar-refractivity contribution in [1.82, 2.24) is 0 Å². The third kappa shape index (κ3) is 4.38. The number of alkyl halides is 3. The molecular formula is C14H17BrF3NO. The van der Waals surface area contributed by atoms with Crippen LogP contribution in [0.15, 0.2) is 22.7 Å². The molecule has 1 saturated carbocycles. The van der Waals surface area contributed by atoms with Gasteiger partial charge in [0.15, 0.2) is 0 Å². The van der Waals surface area contributed by atoms with E-state index in [1.54, 1.807) is 0 Å². The number of anilines is 1. The van der Waals surface area contributed by atoms with E-state index in [-0.39, 0.29) is 11.8 Å². The molecule has 0 atom stereocenters. The second-order valence-corrected chi connectivity index (χ2v) is 5.81. The summed E-state index contributed by atoms with van der Waals surface area (Å²) in [6.07, 6.45) is 0.413. The Morgan fingerprint density at radius 2 is 1.95 bits per heavy atom. The Bertz CT molecular complexity index is 445. The number of ether oxygens (including phenoxy) is 1. The Balaban J connectivity index is 1.89. The lowest BCUT2D eigenvalue weighted by Gasteiger charge is -2.16. The zero-order valence-corrected chi connectivity index (χ0v) is 12.6. The monoisotopic (exact) mass is 351 g/mol. The molecule has 0 spiro atoms. The van der Waals surface area contributed by atoms with Crippen LogP contribution in [-0.2, 0) is 10.9 Å². The average Bonchev–Trinajstić information content (AvgIpc) is 2.86. The molecule has 0 saturated heterocycles. The molecule has 20 heavy (non-hydrogen) atoms. The van der Waals surface area contributed by atoms with Gasteiger partial charge in [-0.25, -0.2) is 0 Å². The van der Waals surface area contributed by atoms with Crippen molar-refractivity contribution in [1.29, 1.82) is 0 Å². The SMILES string of the molecule is FC(F)(F)c1ccc(Br)cc1NCCOC1CCCC1. The van der Waals surface area contributed by atoms with E-state index in [2.05, 4.69) is 21.2 Å². The molecule has 0 heterocycles. The molecule has 112 valence electrons. The molecule has 1 aromatic carbocycles. The van der Waals surface area contributed by atoms with Gasteiger partial charge in [0, 0.05) is 16.7 Å². The van der Waals surface area contributed by atoms with Gasteiger partial charge in [-0.3, -0.25) is 0 Å². The molecule has 0 unspecified atom stereocenters. The molecular weight excluding hydrogens is 335 g/mol. The van der Waals surface area contributed by atoms with Crippen molar-refractivity contribution in [3.05, 3.63) is 28.2 Å². The van der Waals surface area contributed by atoms with Crippen molar-refractivity contribution in [3.63, 3.8) is 0 Å². The quantitative estimate of drug-likeness (QED) is 0.766. The summed E-state index contributed by atoms with van der Waals surface area (Å²) in [5.74, 6) is 0. The Labute approximate surface area is 124 Å². The minimum atomic E-state index is -4.35. The maximum absolute atomic E-state index is 12.8. The Morgan fingerprint density at radius 1 is 1.25 bits per heavy atom. The van der Waals surface area contributed by atoms with Gasteiger partial charge in [0.05, 0.1) is 18.3 Å². The van der Waals surface area contributed by atoms with Crippen LogP contribution in [0.5, 0.6) is 0 Å². The summed E-state index contributed by atoms with van der Waals surface area (Å²) in [7, 11) is 0. The Morgan fingerprint density at radius 3 is 2.60 bits per heavy atom. The summed E-state index contributed by atoms with van der Waals surface area (Å²) in [4.78, 5) is 0. The van der Waals surface area contributed by atoms with E-state index in [0.29, 0.717) is 17.6 Å². The summed E-state index contributed by atoms with van der Waals surface area (Å²) < 4.78 is 44.8. The fourth-order valence-corrected chi connectivity index (χ4v) is 2.74. The maximum Gasteiger partial charge on any atom is 0.418 e. The van der Waals surface area contributed by atoms with Gasteiger partial charge in [-0.05, 0) is 31.0 Å². The third-order valence-corrected chi connectivity index (χ3v) is 3.85. The highest BCUT2D eigenvalue weighted by atomic mass is 79.9. The Hall–Kier alpha value is -0.750. The van der Waals surface area contributed by atoms with Crippen LogP contribution >= 0.6 is 15.9 Å². The standard InChI is InChI=1S/C14H17BrF3NO/c15-10-5-6-12(14(16,17)18)13(9-10)19-7-8-20-11-3-1-2-4-11/h5-6,9,11,19H,1-4,7-8H2. The van der Waals surface area contributed by atoms with Crippen molar-refractivity contribution in [2.75, 3.05) is 18.5 Å². The smallest absolute Gasteiger partial charge is 0.382 e. The van der Waals surface area contributed by atoms with Crippen LogP contribution in [0.2, 0.25) is 0 Å². The molecule has 6 heteroatoms. The lowest BCUT2D eigenvalue weighted by atomic mass is 10.1. The molecule has 1 fully saturated rings. The van der Waals surface area contributed by atoms with Crippen molar-refractivity contribution < 1.29 is 17.9 Å². The lowest BCUT2D eigenvalue weighted by molar-refractivity contribution is -0.137. The van der Waals surface area contributed by atoms with Gasteiger partial charge in [0.25, 0.3) is 0 Å². The molecule has 1 aliphatic carbocycles. The van der Waals surface area contributed by atoms with Crippen LogP contribution in [0, 0.1) is 0 Å². The summed E-state index contributed by atoms with van der Waals surface area (Å²) in [5.41, 5.74) is -0.566. The van der Waals surface area contributed by atoms with E-state index in [4.69, 9.17) is 4.74 Å². The van der Waals surface area contributed by atoms with Crippen molar-refractivity contribution in [3.8, 4) is 0 Å². The number of halogens is 4. The first-order valence-corrected chi connectivity index (χ1v) is 7.48. The van der Waals surface area contributed by atoms with E-state index in [9.17, 15) is 13.2 Å². The van der Waals surface area contributed by atoms with Crippen LogP contribution in [0.3, 0.4) is 0 Å². The van der Waals surface area contributed by atoms with Gasteiger partial charge < -0.3 is 10.1 Å². The van der Waals surface area contributed by atoms with Gasteiger partial charge >= 0.3 is 6.18 Å². The van der Waals surface area contributed by atoms with Gasteiger partial charge in [-0.2, -0.15) is 13.2 Å². The number of rotatable bonds is 5. The van der Waals surface area contributed by atoms with Crippen LogP contribution in [0.1, 0.15) is 31.2 Å². The lowest BCUT2D eigenvalue weighted by Crippen LogP contribution is -2.17. The molecule has 0 aliphatic heterocycles. The minimum absolute atomic E-state index is 0.0851. The molecule has 0 bridgehead atoms. The van der Waals surface area contributed by atoms with Gasteiger partial charge in [0.1, 0.15) is 0 Å². The minimum Gasteiger partial charge on any atom is -0.382 e. The fraction of sp³-hybridized carbons (Fsp3) is 0.571. The predicted octanol–water partition coefficient (Wildman–Crippen LogP) is 4.84. The summed E-state index contributed by atoms with van der Waals surface area (Å²) in [5, 5.41) is 2.81. The van der Waals surface area contributed by atoms with Gasteiger partial charge in [-0.1, -0.05) is 28.8 Å². The van der Waals surface area contributed by atoms with E-state index >= 15 is 0 Å². The van der Waals surface area contributed by atoms with Crippen molar-refractivity contribution in [2.24, 2.45) is 0 Å². The van der Waals surface area contributed by atoms with Gasteiger partial charge in [0.2, 0.25) is 0 Å². The number of hydrogen-bond donors (Lipinski definition) is 1. The first-order chi connectivity index (χ1) is 9.47. The molecule has 2 nitrogen and oxygen atoms in total. The average molecular weight is 352 g/mol. The second-order valence-electron chi connectivity index (χ2n) is 4.89. The maximum atomic E-state index is 12.8. The summed E-state index contributed by atoms with van der Waals surface area (Å²) in [6.45, 7) is 0.796. The molecule has 1 aliphatic rings. The summed E-state index contributed by atoms with van der Waals surface area (Å²) >= 11 is 3.19. The van der Waals surface area contributed by atoms with E-state index in [1.165, 1.54) is 25.0 Å².